The fourth-order valence-corrected chi connectivity index (χ4v) is 3.37. The zero-order valence-electron chi connectivity index (χ0n) is 15.1. The van der Waals surface area contributed by atoms with Crippen LogP contribution < -0.4 is 10.2 Å². The Hall–Kier alpha value is -2.03. The molecule has 3 heterocycles. The second kappa shape index (κ2) is 9.07. The zero-order valence-corrected chi connectivity index (χ0v) is 15.1. The van der Waals surface area contributed by atoms with E-state index in [0.717, 1.165) is 38.2 Å². The second-order valence-electron chi connectivity index (χ2n) is 6.60. The number of ether oxygens (including phenoxy) is 2. The molecule has 2 aliphatic heterocycles. The molecule has 2 unspecified atom stereocenters. The highest BCUT2D eigenvalue weighted by molar-refractivity contribution is 5.86. The van der Waals surface area contributed by atoms with Crippen molar-refractivity contribution in [3.8, 4) is 0 Å². The normalized spacial score (nSPS) is 22.7. The summed E-state index contributed by atoms with van der Waals surface area (Å²) in [4.78, 5) is 31.9. The van der Waals surface area contributed by atoms with E-state index < -0.39 is 18.2 Å². The molecule has 8 nitrogen and oxygen atoms in total. The van der Waals surface area contributed by atoms with Gasteiger partial charge in [0.15, 0.2) is 0 Å². The molecule has 8 heteroatoms. The van der Waals surface area contributed by atoms with E-state index in [4.69, 9.17) is 9.47 Å². The number of nitrogens with one attached hydrogen (secondary N) is 1. The number of piperazine rings is 1. The number of anilines is 1. The highest BCUT2D eigenvalue weighted by Crippen LogP contribution is 2.19. The predicted octanol–water partition coefficient (Wildman–Crippen LogP) is 0.388. The van der Waals surface area contributed by atoms with E-state index in [1.807, 2.05) is 17.0 Å². The summed E-state index contributed by atoms with van der Waals surface area (Å²) in [6, 6.07) is 3.95. The molecule has 2 fully saturated rings. The van der Waals surface area contributed by atoms with Gasteiger partial charge in [0.2, 0.25) is 6.23 Å². The summed E-state index contributed by atoms with van der Waals surface area (Å²) in [7, 11) is 0. The van der Waals surface area contributed by atoms with E-state index in [0.29, 0.717) is 19.6 Å². The van der Waals surface area contributed by atoms with E-state index in [-0.39, 0.29) is 6.10 Å². The topological polar surface area (TPSA) is 84.0 Å². The maximum Gasteiger partial charge on any atom is 0.358 e. The van der Waals surface area contributed by atoms with Crippen molar-refractivity contribution in [2.75, 3.05) is 44.2 Å². The Morgan fingerprint density at radius 1 is 1.23 bits per heavy atom. The van der Waals surface area contributed by atoms with Gasteiger partial charge in [-0.1, -0.05) is 0 Å². The van der Waals surface area contributed by atoms with Crippen LogP contribution in [0.1, 0.15) is 19.8 Å². The van der Waals surface area contributed by atoms with Crippen molar-refractivity contribution in [1.82, 2.24) is 15.2 Å². The molecule has 0 spiro atoms. The Morgan fingerprint density at radius 2 is 1.96 bits per heavy atom. The molecule has 0 bridgehead atoms. The number of rotatable bonds is 5. The second-order valence-corrected chi connectivity index (χ2v) is 6.60. The standard InChI is InChI=1S/C18H26N4O4/c1-14(23)25-18(24)17(26-16-3-2-6-20-13-16)22-11-9-21(10-12-22)15-4-7-19-8-5-15/h4-5,7-8,16-17,20H,2-3,6,9-13H2,1H3. The van der Waals surface area contributed by atoms with Crippen LogP contribution in [0.3, 0.4) is 0 Å². The van der Waals surface area contributed by atoms with Crippen molar-refractivity contribution < 1.29 is 19.1 Å². The van der Waals surface area contributed by atoms with E-state index in [9.17, 15) is 9.59 Å². The van der Waals surface area contributed by atoms with Gasteiger partial charge in [0.25, 0.3) is 0 Å². The lowest BCUT2D eigenvalue weighted by Gasteiger charge is -2.40. The summed E-state index contributed by atoms with van der Waals surface area (Å²) in [5.41, 5.74) is 1.11. The van der Waals surface area contributed by atoms with Crippen molar-refractivity contribution in [3.05, 3.63) is 24.5 Å². The van der Waals surface area contributed by atoms with Crippen LogP contribution >= 0.6 is 0 Å². The molecule has 1 aromatic rings. The quantitative estimate of drug-likeness (QED) is 0.595. The zero-order chi connectivity index (χ0) is 18.4. The van der Waals surface area contributed by atoms with Gasteiger partial charge in [-0.15, -0.1) is 0 Å². The summed E-state index contributed by atoms with van der Waals surface area (Å²) in [5, 5.41) is 3.27. The minimum Gasteiger partial charge on any atom is -0.390 e. The maximum atomic E-state index is 12.4. The number of hydrogen-bond donors (Lipinski definition) is 1. The van der Waals surface area contributed by atoms with Crippen LogP contribution in [0.4, 0.5) is 5.69 Å². The van der Waals surface area contributed by atoms with Crippen LogP contribution in [-0.2, 0) is 19.1 Å². The Balaban J connectivity index is 1.62. The SMILES string of the molecule is CC(=O)OC(=O)C(OC1CCCNC1)N1CCN(c2ccncc2)CC1. The first kappa shape index (κ1) is 18.8. The van der Waals surface area contributed by atoms with Gasteiger partial charge in [-0.25, -0.2) is 4.79 Å². The molecule has 142 valence electrons. The van der Waals surface area contributed by atoms with E-state index in [1.165, 1.54) is 6.92 Å². The third-order valence-corrected chi connectivity index (χ3v) is 4.69. The summed E-state index contributed by atoms with van der Waals surface area (Å²) in [6.45, 7) is 5.74. The summed E-state index contributed by atoms with van der Waals surface area (Å²) >= 11 is 0. The average molecular weight is 362 g/mol. The largest absolute Gasteiger partial charge is 0.390 e. The van der Waals surface area contributed by atoms with E-state index in [1.54, 1.807) is 12.4 Å². The first-order valence-corrected chi connectivity index (χ1v) is 9.11. The number of carbonyl (C=O) groups excluding carboxylic acids is 2. The number of carbonyl (C=O) groups is 2. The first-order valence-electron chi connectivity index (χ1n) is 9.11. The first-order chi connectivity index (χ1) is 12.6. The number of pyridine rings is 1. The number of esters is 2. The molecule has 1 N–H and O–H groups in total. The Labute approximate surface area is 153 Å². The minimum absolute atomic E-state index is 0.0496. The molecule has 2 aliphatic rings. The van der Waals surface area contributed by atoms with Gasteiger partial charge in [0, 0.05) is 57.7 Å². The molecule has 0 amide bonds. The Bertz CT molecular complexity index is 598. The van der Waals surface area contributed by atoms with Crippen LogP contribution in [0.5, 0.6) is 0 Å². The van der Waals surface area contributed by atoms with Gasteiger partial charge < -0.3 is 19.7 Å². The molecule has 26 heavy (non-hydrogen) atoms. The molecule has 0 aromatic carbocycles. The smallest absolute Gasteiger partial charge is 0.358 e. The lowest BCUT2D eigenvalue weighted by atomic mass is 10.1. The lowest BCUT2D eigenvalue weighted by molar-refractivity contribution is -0.184. The molecular formula is C18H26N4O4. The monoisotopic (exact) mass is 362 g/mol. The van der Waals surface area contributed by atoms with Gasteiger partial charge in [-0.05, 0) is 31.5 Å². The molecule has 2 atom stereocenters. The van der Waals surface area contributed by atoms with Gasteiger partial charge in [-0.2, -0.15) is 0 Å². The van der Waals surface area contributed by atoms with Crippen molar-refractivity contribution in [3.63, 3.8) is 0 Å². The van der Waals surface area contributed by atoms with E-state index >= 15 is 0 Å². The van der Waals surface area contributed by atoms with Crippen LogP contribution in [0.25, 0.3) is 0 Å². The van der Waals surface area contributed by atoms with Crippen LogP contribution in [-0.4, -0.2) is 73.4 Å². The summed E-state index contributed by atoms with van der Waals surface area (Å²) in [6.07, 6.45) is 4.56. The fraction of sp³-hybridized carbons (Fsp3) is 0.611. The number of aromatic nitrogens is 1. The third kappa shape index (κ3) is 5.00. The van der Waals surface area contributed by atoms with Crippen molar-refractivity contribution >= 4 is 17.6 Å². The van der Waals surface area contributed by atoms with Gasteiger partial charge >= 0.3 is 11.9 Å². The van der Waals surface area contributed by atoms with Crippen molar-refractivity contribution in [1.29, 1.82) is 0 Å². The summed E-state index contributed by atoms with van der Waals surface area (Å²) in [5.74, 6) is -1.23. The molecule has 1 aromatic heterocycles. The highest BCUT2D eigenvalue weighted by atomic mass is 16.6. The van der Waals surface area contributed by atoms with Crippen LogP contribution in [0, 0.1) is 0 Å². The molecule has 2 saturated heterocycles. The lowest BCUT2D eigenvalue weighted by Crippen LogP contribution is -2.56. The van der Waals surface area contributed by atoms with Crippen molar-refractivity contribution in [2.24, 2.45) is 0 Å². The van der Waals surface area contributed by atoms with Gasteiger partial charge in [0.05, 0.1) is 6.10 Å². The van der Waals surface area contributed by atoms with Gasteiger partial charge in [0.1, 0.15) is 0 Å². The van der Waals surface area contributed by atoms with Crippen molar-refractivity contribution in [2.45, 2.75) is 32.1 Å². The predicted molar refractivity (Wildman–Crippen MR) is 95.6 cm³/mol. The number of hydrogen-bond acceptors (Lipinski definition) is 8. The van der Waals surface area contributed by atoms with Crippen LogP contribution in [0.2, 0.25) is 0 Å². The highest BCUT2D eigenvalue weighted by Gasteiger charge is 2.34. The average Bonchev–Trinajstić information content (AvgIpc) is 2.67. The molecule has 0 radical (unpaired) electrons. The molecule has 0 aliphatic carbocycles. The molecular weight excluding hydrogens is 336 g/mol. The number of nitrogens with zero attached hydrogens (tertiary/aromatic N) is 3. The Morgan fingerprint density at radius 3 is 2.58 bits per heavy atom. The van der Waals surface area contributed by atoms with Crippen LogP contribution in [0.15, 0.2) is 24.5 Å². The summed E-state index contributed by atoms with van der Waals surface area (Å²) < 4.78 is 10.9. The minimum atomic E-state index is -0.844. The van der Waals surface area contributed by atoms with Gasteiger partial charge in [-0.3, -0.25) is 14.7 Å². The number of piperidine rings is 1. The van der Waals surface area contributed by atoms with E-state index in [2.05, 4.69) is 15.2 Å². The molecule has 3 rings (SSSR count). The fourth-order valence-electron chi connectivity index (χ4n) is 3.37. The third-order valence-electron chi connectivity index (χ3n) is 4.69. The maximum absolute atomic E-state index is 12.4. The molecule has 0 saturated carbocycles. The Kier molecular flexibility index (Phi) is 6.54.